The number of aromatic nitrogens is 2. The lowest BCUT2D eigenvalue weighted by molar-refractivity contribution is 0.295. The van der Waals surface area contributed by atoms with Crippen LogP contribution in [0.5, 0.6) is 0 Å². The lowest BCUT2D eigenvalue weighted by Crippen LogP contribution is -2.62. The van der Waals surface area contributed by atoms with Gasteiger partial charge in [-0.1, -0.05) is 0 Å². The van der Waals surface area contributed by atoms with Crippen LogP contribution in [0.3, 0.4) is 0 Å². The zero-order valence-corrected chi connectivity index (χ0v) is 8.11. The first-order chi connectivity index (χ1) is 6.91. The van der Waals surface area contributed by atoms with Crippen molar-refractivity contribution in [3.05, 3.63) is 18.5 Å². The van der Waals surface area contributed by atoms with Gasteiger partial charge >= 0.3 is 0 Å². The molecule has 0 bridgehead atoms. The fourth-order valence-corrected chi connectivity index (χ4v) is 2.46. The molecule has 0 aliphatic carbocycles. The average Bonchev–Trinajstić information content (AvgIpc) is 2.68. The largest absolute Gasteiger partial charge is 0.334 e. The van der Waals surface area contributed by atoms with Gasteiger partial charge in [0.05, 0.1) is 5.54 Å². The summed E-state index contributed by atoms with van der Waals surface area (Å²) in [5.41, 5.74) is 0.335. The summed E-state index contributed by atoms with van der Waals surface area (Å²) in [6.07, 6.45) is 6.14. The molecule has 1 atom stereocenters. The first-order valence-corrected chi connectivity index (χ1v) is 5.16. The fourth-order valence-electron chi connectivity index (χ4n) is 2.46. The van der Waals surface area contributed by atoms with Gasteiger partial charge in [-0.2, -0.15) is 0 Å². The number of hydrogen-bond acceptors (Lipinski definition) is 4. The summed E-state index contributed by atoms with van der Waals surface area (Å²) in [6.45, 7) is 3.32. The molecule has 1 N–H and O–H groups in total. The molecule has 0 amide bonds. The van der Waals surface area contributed by atoms with Crippen molar-refractivity contribution in [1.82, 2.24) is 15.3 Å². The zero-order valence-electron chi connectivity index (χ0n) is 8.11. The van der Waals surface area contributed by atoms with Crippen molar-refractivity contribution in [2.45, 2.75) is 18.4 Å². The van der Waals surface area contributed by atoms with Crippen molar-refractivity contribution >= 4 is 5.95 Å². The second-order valence-electron chi connectivity index (χ2n) is 4.10. The van der Waals surface area contributed by atoms with E-state index in [9.17, 15) is 0 Å². The molecule has 2 saturated heterocycles. The van der Waals surface area contributed by atoms with E-state index in [2.05, 4.69) is 20.2 Å². The summed E-state index contributed by atoms with van der Waals surface area (Å²) in [6, 6.07) is 1.86. The summed E-state index contributed by atoms with van der Waals surface area (Å²) in [5, 5.41) is 3.42. The highest BCUT2D eigenvalue weighted by Gasteiger charge is 2.47. The van der Waals surface area contributed by atoms with Crippen molar-refractivity contribution in [3.63, 3.8) is 0 Å². The molecule has 4 heteroatoms. The Morgan fingerprint density at radius 2 is 2.14 bits per heavy atom. The third-order valence-corrected chi connectivity index (χ3v) is 3.39. The molecule has 3 heterocycles. The van der Waals surface area contributed by atoms with Gasteiger partial charge in [0.1, 0.15) is 0 Å². The van der Waals surface area contributed by atoms with Crippen molar-refractivity contribution in [1.29, 1.82) is 0 Å². The third-order valence-electron chi connectivity index (χ3n) is 3.39. The van der Waals surface area contributed by atoms with E-state index in [0.717, 1.165) is 25.6 Å². The minimum atomic E-state index is 0.335. The molecular weight excluding hydrogens is 176 g/mol. The van der Waals surface area contributed by atoms with Gasteiger partial charge in [0, 0.05) is 25.5 Å². The Morgan fingerprint density at radius 1 is 1.29 bits per heavy atom. The second kappa shape index (κ2) is 2.92. The molecule has 1 spiro atoms. The molecule has 74 valence electrons. The van der Waals surface area contributed by atoms with Gasteiger partial charge in [-0.3, -0.25) is 0 Å². The maximum absolute atomic E-state index is 4.31. The summed E-state index contributed by atoms with van der Waals surface area (Å²) < 4.78 is 0. The molecule has 0 saturated carbocycles. The van der Waals surface area contributed by atoms with Gasteiger partial charge in [-0.05, 0) is 25.5 Å². The Morgan fingerprint density at radius 3 is 2.71 bits per heavy atom. The molecule has 1 unspecified atom stereocenters. The van der Waals surface area contributed by atoms with E-state index in [-0.39, 0.29) is 0 Å². The van der Waals surface area contributed by atoms with Gasteiger partial charge < -0.3 is 10.2 Å². The first-order valence-electron chi connectivity index (χ1n) is 5.16. The van der Waals surface area contributed by atoms with Crippen LogP contribution < -0.4 is 10.2 Å². The average molecular weight is 190 g/mol. The highest BCUT2D eigenvalue weighted by molar-refractivity contribution is 5.41. The van der Waals surface area contributed by atoms with Crippen LogP contribution in [0.15, 0.2) is 18.5 Å². The molecule has 2 aliphatic rings. The molecule has 1 aromatic heterocycles. The number of nitrogens with one attached hydrogen (secondary N) is 1. The van der Waals surface area contributed by atoms with Crippen LogP contribution in [0.25, 0.3) is 0 Å². The third kappa shape index (κ3) is 1.04. The highest BCUT2D eigenvalue weighted by atomic mass is 15.4. The predicted molar refractivity (Wildman–Crippen MR) is 54.2 cm³/mol. The van der Waals surface area contributed by atoms with Crippen molar-refractivity contribution < 1.29 is 0 Å². The van der Waals surface area contributed by atoms with Crippen LogP contribution in [-0.4, -0.2) is 35.1 Å². The van der Waals surface area contributed by atoms with E-state index in [4.69, 9.17) is 0 Å². The molecular formula is C10H14N4. The van der Waals surface area contributed by atoms with Gasteiger partial charge in [0.2, 0.25) is 5.95 Å². The van der Waals surface area contributed by atoms with E-state index in [1.165, 1.54) is 12.8 Å². The maximum Gasteiger partial charge on any atom is 0.225 e. The number of anilines is 1. The normalized spacial score (nSPS) is 30.7. The van der Waals surface area contributed by atoms with Crippen LogP contribution in [0.4, 0.5) is 5.95 Å². The minimum Gasteiger partial charge on any atom is -0.334 e. The van der Waals surface area contributed by atoms with E-state index >= 15 is 0 Å². The van der Waals surface area contributed by atoms with E-state index in [1.54, 1.807) is 0 Å². The van der Waals surface area contributed by atoms with Crippen molar-refractivity contribution in [2.24, 2.45) is 0 Å². The SMILES string of the molecule is c1cnc(N2CCC23CCNC3)nc1. The van der Waals surface area contributed by atoms with Gasteiger partial charge in [-0.15, -0.1) is 0 Å². The Bertz CT molecular complexity index is 318. The smallest absolute Gasteiger partial charge is 0.225 e. The summed E-state index contributed by atoms with van der Waals surface area (Å²) >= 11 is 0. The number of hydrogen-bond donors (Lipinski definition) is 1. The van der Waals surface area contributed by atoms with E-state index in [0.29, 0.717) is 5.54 Å². The summed E-state index contributed by atoms with van der Waals surface area (Å²) in [4.78, 5) is 11.0. The van der Waals surface area contributed by atoms with Gasteiger partial charge in [0.15, 0.2) is 0 Å². The fraction of sp³-hybridized carbons (Fsp3) is 0.600. The molecule has 0 aromatic carbocycles. The molecule has 2 aliphatic heterocycles. The minimum absolute atomic E-state index is 0.335. The molecule has 2 fully saturated rings. The van der Waals surface area contributed by atoms with Gasteiger partial charge in [-0.25, -0.2) is 9.97 Å². The summed E-state index contributed by atoms with van der Waals surface area (Å²) in [5.74, 6) is 0.891. The van der Waals surface area contributed by atoms with Crippen molar-refractivity contribution in [3.8, 4) is 0 Å². The number of nitrogens with zero attached hydrogens (tertiary/aromatic N) is 3. The zero-order chi connectivity index (χ0) is 9.43. The van der Waals surface area contributed by atoms with Crippen LogP contribution in [-0.2, 0) is 0 Å². The van der Waals surface area contributed by atoms with E-state index < -0.39 is 0 Å². The molecule has 3 rings (SSSR count). The summed E-state index contributed by atoms with van der Waals surface area (Å²) in [7, 11) is 0. The first kappa shape index (κ1) is 8.17. The maximum atomic E-state index is 4.31. The van der Waals surface area contributed by atoms with Crippen LogP contribution >= 0.6 is 0 Å². The van der Waals surface area contributed by atoms with Crippen LogP contribution in [0.1, 0.15) is 12.8 Å². The molecule has 4 nitrogen and oxygen atoms in total. The van der Waals surface area contributed by atoms with Crippen LogP contribution in [0, 0.1) is 0 Å². The molecule has 14 heavy (non-hydrogen) atoms. The Kier molecular flexibility index (Phi) is 1.70. The quantitative estimate of drug-likeness (QED) is 0.696. The Hall–Kier alpha value is -1.16. The Labute approximate surface area is 83.4 Å². The second-order valence-corrected chi connectivity index (χ2v) is 4.10. The monoisotopic (exact) mass is 190 g/mol. The number of rotatable bonds is 1. The standard InChI is InChI=1S/C10H14N4/c1-4-12-9(13-5-1)14-7-3-10(14)2-6-11-8-10/h1,4-5,11H,2-3,6-8H2. The van der Waals surface area contributed by atoms with Crippen molar-refractivity contribution in [2.75, 3.05) is 24.5 Å². The molecule has 0 radical (unpaired) electrons. The highest BCUT2D eigenvalue weighted by Crippen LogP contribution is 2.37. The topological polar surface area (TPSA) is 41.1 Å². The molecule has 1 aromatic rings. The van der Waals surface area contributed by atoms with Gasteiger partial charge in [0.25, 0.3) is 0 Å². The van der Waals surface area contributed by atoms with E-state index in [1.807, 2.05) is 18.5 Å². The Balaban J connectivity index is 1.87. The predicted octanol–water partition coefficient (Wildman–Crippen LogP) is 0.419. The lowest BCUT2D eigenvalue weighted by atomic mass is 9.84. The lowest BCUT2D eigenvalue weighted by Gasteiger charge is -2.50. The van der Waals surface area contributed by atoms with Crippen LogP contribution in [0.2, 0.25) is 0 Å².